The number of thioether (sulfide) groups is 1. The van der Waals surface area contributed by atoms with Gasteiger partial charge in [-0.05, 0) is 35.9 Å². The fourth-order valence-electron chi connectivity index (χ4n) is 2.85. The maximum Gasteiger partial charge on any atom is 0.245 e. The molecule has 24 heavy (non-hydrogen) atoms. The molecule has 0 spiro atoms. The molecule has 2 aliphatic rings. The van der Waals surface area contributed by atoms with Crippen LogP contribution in [0.4, 0.5) is 5.69 Å². The Morgan fingerprint density at radius 1 is 1.33 bits per heavy atom. The normalized spacial score (nSPS) is 24.0. The van der Waals surface area contributed by atoms with E-state index in [0.717, 1.165) is 37.6 Å². The van der Waals surface area contributed by atoms with Crippen LogP contribution in [-0.4, -0.2) is 49.3 Å². The molecule has 2 aliphatic heterocycles. The largest absolute Gasteiger partial charge is 0.378 e. The molecule has 1 N–H and O–H groups in total. The van der Waals surface area contributed by atoms with E-state index in [1.807, 2.05) is 12.1 Å². The van der Waals surface area contributed by atoms with E-state index in [-0.39, 0.29) is 5.91 Å². The number of benzene rings is 1. The monoisotopic (exact) mass is 343 g/mol. The summed E-state index contributed by atoms with van der Waals surface area (Å²) < 4.78 is 5.36. The molecule has 0 aliphatic carbocycles. The molecule has 1 amide bonds. The molecule has 3 rings (SSSR count). The van der Waals surface area contributed by atoms with Crippen molar-refractivity contribution in [2.24, 2.45) is 0 Å². The standard InChI is InChI=1S/C18H21N3O2S/c19-13-18(7-12-24-14-18)20-17(22)6-3-15-1-4-16(5-2-15)21-8-10-23-11-9-21/h1-6H,7-12,14H2,(H,20,22)/b6-3+/t18-/m1/s1. The number of ether oxygens (including phenoxy) is 1. The van der Waals surface area contributed by atoms with Gasteiger partial charge in [0.2, 0.25) is 5.91 Å². The van der Waals surface area contributed by atoms with Crippen LogP contribution < -0.4 is 10.2 Å². The van der Waals surface area contributed by atoms with Gasteiger partial charge in [-0.1, -0.05) is 12.1 Å². The highest BCUT2D eigenvalue weighted by Crippen LogP contribution is 2.27. The molecular weight excluding hydrogens is 322 g/mol. The second kappa shape index (κ2) is 7.73. The third kappa shape index (κ3) is 4.11. The van der Waals surface area contributed by atoms with Gasteiger partial charge in [-0.2, -0.15) is 17.0 Å². The topological polar surface area (TPSA) is 65.4 Å². The molecule has 2 fully saturated rings. The number of morpholine rings is 1. The first-order chi connectivity index (χ1) is 11.7. The number of hydrogen-bond donors (Lipinski definition) is 1. The van der Waals surface area contributed by atoms with E-state index in [1.165, 1.54) is 11.8 Å². The molecule has 6 heteroatoms. The summed E-state index contributed by atoms with van der Waals surface area (Å²) in [5.74, 6) is 1.37. The van der Waals surface area contributed by atoms with Crippen LogP contribution in [0, 0.1) is 11.3 Å². The first-order valence-corrected chi connectivity index (χ1v) is 9.28. The molecular formula is C18H21N3O2S. The lowest BCUT2D eigenvalue weighted by Crippen LogP contribution is -2.46. The van der Waals surface area contributed by atoms with Gasteiger partial charge >= 0.3 is 0 Å². The summed E-state index contributed by atoms with van der Waals surface area (Å²) in [7, 11) is 0. The maximum absolute atomic E-state index is 12.1. The van der Waals surface area contributed by atoms with Gasteiger partial charge in [0.15, 0.2) is 0 Å². The first kappa shape index (κ1) is 16.9. The number of carbonyl (C=O) groups excluding carboxylic acids is 1. The Morgan fingerprint density at radius 3 is 2.71 bits per heavy atom. The van der Waals surface area contributed by atoms with Crippen LogP contribution in [0.25, 0.3) is 6.08 Å². The SMILES string of the molecule is N#C[C@]1(NC(=O)/C=C/c2ccc(N3CCOCC3)cc2)CCSC1. The Balaban J connectivity index is 1.58. The average Bonchev–Trinajstić information content (AvgIpc) is 3.10. The minimum Gasteiger partial charge on any atom is -0.378 e. The fourth-order valence-corrected chi connectivity index (χ4v) is 4.11. The van der Waals surface area contributed by atoms with Crippen molar-refractivity contribution in [1.82, 2.24) is 5.32 Å². The van der Waals surface area contributed by atoms with Gasteiger partial charge in [0.05, 0.1) is 19.3 Å². The molecule has 126 valence electrons. The van der Waals surface area contributed by atoms with Crippen molar-refractivity contribution in [3.8, 4) is 6.07 Å². The van der Waals surface area contributed by atoms with E-state index in [0.29, 0.717) is 12.2 Å². The van der Waals surface area contributed by atoms with Crippen LogP contribution in [0.2, 0.25) is 0 Å². The van der Waals surface area contributed by atoms with Gasteiger partial charge in [0.1, 0.15) is 5.54 Å². The Morgan fingerprint density at radius 2 is 2.08 bits per heavy atom. The highest BCUT2D eigenvalue weighted by molar-refractivity contribution is 7.99. The van der Waals surface area contributed by atoms with Gasteiger partial charge in [0, 0.05) is 30.6 Å². The second-order valence-electron chi connectivity index (χ2n) is 6.01. The molecule has 2 saturated heterocycles. The number of nitriles is 1. The number of nitrogens with one attached hydrogen (secondary N) is 1. The second-order valence-corrected chi connectivity index (χ2v) is 7.12. The van der Waals surface area contributed by atoms with Crippen LogP contribution in [0.15, 0.2) is 30.3 Å². The van der Waals surface area contributed by atoms with E-state index < -0.39 is 5.54 Å². The van der Waals surface area contributed by atoms with Crippen molar-refractivity contribution in [3.05, 3.63) is 35.9 Å². The van der Waals surface area contributed by atoms with Crippen molar-refractivity contribution in [2.45, 2.75) is 12.0 Å². The van der Waals surface area contributed by atoms with Crippen molar-refractivity contribution in [3.63, 3.8) is 0 Å². The van der Waals surface area contributed by atoms with Gasteiger partial charge in [-0.15, -0.1) is 0 Å². The summed E-state index contributed by atoms with van der Waals surface area (Å²) in [6, 6.07) is 10.4. The molecule has 0 bridgehead atoms. The maximum atomic E-state index is 12.1. The van der Waals surface area contributed by atoms with Gasteiger partial charge in [-0.25, -0.2) is 0 Å². The Kier molecular flexibility index (Phi) is 5.44. The van der Waals surface area contributed by atoms with Crippen LogP contribution in [0.1, 0.15) is 12.0 Å². The van der Waals surface area contributed by atoms with Gasteiger partial charge < -0.3 is 15.0 Å². The smallest absolute Gasteiger partial charge is 0.245 e. The average molecular weight is 343 g/mol. The predicted octanol–water partition coefficient (Wildman–Crippen LogP) is 2.05. The van der Waals surface area contributed by atoms with Gasteiger partial charge in [-0.3, -0.25) is 4.79 Å². The molecule has 0 saturated carbocycles. The van der Waals surface area contributed by atoms with Crippen molar-refractivity contribution < 1.29 is 9.53 Å². The molecule has 1 aromatic rings. The van der Waals surface area contributed by atoms with E-state index in [4.69, 9.17) is 4.74 Å². The third-order valence-electron chi connectivity index (χ3n) is 4.29. The minimum absolute atomic E-state index is 0.212. The number of rotatable bonds is 4. The minimum atomic E-state index is -0.702. The van der Waals surface area contributed by atoms with E-state index in [9.17, 15) is 10.1 Å². The summed E-state index contributed by atoms with van der Waals surface area (Å²) in [4.78, 5) is 14.4. The third-order valence-corrected chi connectivity index (χ3v) is 5.48. The zero-order valence-electron chi connectivity index (χ0n) is 13.5. The van der Waals surface area contributed by atoms with Crippen LogP contribution >= 0.6 is 11.8 Å². The van der Waals surface area contributed by atoms with Crippen molar-refractivity contribution in [1.29, 1.82) is 5.26 Å². The highest BCUT2D eigenvalue weighted by atomic mass is 32.2. The number of carbonyl (C=O) groups is 1. The summed E-state index contributed by atoms with van der Waals surface area (Å²) in [5.41, 5.74) is 1.44. The summed E-state index contributed by atoms with van der Waals surface area (Å²) in [5, 5.41) is 12.1. The Bertz CT molecular complexity index is 639. The van der Waals surface area contributed by atoms with Crippen LogP contribution in [0.3, 0.4) is 0 Å². The zero-order valence-corrected chi connectivity index (χ0v) is 14.3. The number of anilines is 1. The molecule has 1 aromatic carbocycles. The van der Waals surface area contributed by atoms with E-state index in [2.05, 4.69) is 28.4 Å². The van der Waals surface area contributed by atoms with Crippen molar-refractivity contribution >= 4 is 29.4 Å². The van der Waals surface area contributed by atoms with Crippen LogP contribution in [0.5, 0.6) is 0 Å². The molecule has 1 atom stereocenters. The number of hydrogen-bond acceptors (Lipinski definition) is 5. The Hall–Kier alpha value is -1.97. The lowest BCUT2D eigenvalue weighted by atomic mass is 10.0. The fraction of sp³-hybridized carbons (Fsp3) is 0.444. The molecule has 0 unspecified atom stereocenters. The number of nitrogens with zero attached hydrogens (tertiary/aromatic N) is 2. The lowest BCUT2D eigenvalue weighted by molar-refractivity contribution is -0.117. The Labute approximate surface area is 146 Å². The highest BCUT2D eigenvalue weighted by Gasteiger charge is 2.35. The van der Waals surface area contributed by atoms with Crippen LogP contribution in [-0.2, 0) is 9.53 Å². The lowest BCUT2D eigenvalue weighted by Gasteiger charge is -2.28. The summed E-state index contributed by atoms with van der Waals surface area (Å²) in [6.07, 6.45) is 4.00. The van der Waals surface area contributed by atoms with Crippen molar-refractivity contribution in [2.75, 3.05) is 42.7 Å². The van der Waals surface area contributed by atoms with E-state index >= 15 is 0 Å². The van der Waals surface area contributed by atoms with E-state index in [1.54, 1.807) is 17.8 Å². The summed E-state index contributed by atoms with van der Waals surface area (Å²) >= 11 is 1.70. The predicted molar refractivity (Wildman–Crippen MR) is 96.9 cm³/mol. The summed E-state index contributed by atoms with van der Waals surface area (Å²) in [6.45, 7) is 3.35. The molecule has 0 radical (unpaired) electrons. The zero-order chi connectivity index (χ0) is 16.8. The van der Waals surface area contributed by atoms with Gasteiger partial charge in [0.25, 0.3) is 0 Å². The molecule has 5 nitrogen and oxygen atoms in total. The number of amides is 1. The first-order valence-electron chi connectivity index (χ1n) is 8.13. The quantitative estimate of drug-likeness (QED) is 0.848. The molecule has 2 heterocycles. The molecule has 0 aromatic heterocycles.